The second-order valence-corrected chi connectivity index (χ2v) is 10.1. The molecule has 0 aliphatic carbocycles. The Morgan fingerprint density at radius 2 is 1.53 bits per heavy atom. The highest BCUT2D eigenvalue weighted by molar-refractivity contribution is 6.14. The molecule has 0 radical (unpaired) electrons. The van der Waals surface area contributed by atoms with Crippen molar-refractivity contribution in [3.63, 3.8) is 0 Å². The molecule has 0 saturated heterocycles. The first-order chi connectivity index (χ1) is 17.0. The summed E-state index contributed by atoms with van der Waals surface area (Å²) in [5, 5.41) is 2.56. The summed E-state index contributed by atoms with van der Waals surface area (Å²) < 4.78 is 32.8. The van der Waals surface area contributed by atoms with Crippen LogP contribution in [0.1, 0.15) is 62.6 Å². The van der Waals surface area contributed by atoms with Crippen molar-refractivity contribution >= 4 is 27.3 Å². The summed E-state index contributed by atoms with van der Waals surface area (Å²) in [6.07, 6.45) is 0. The standard InChI is InChI=1S/C30H30F2N2.C2H6/c1-16(2)30(7,32)24-10-8-9-23-22-12-11-21(31)15-25(22)34-28(20(6)33-29(34)27(23)24)26-18(4)13-17(3)14-19(26)5;1-2/h8-16H,1-7H3;1-2H3. The average molecular weight is 487 g/mol. The maximum atomic E-state index is 16.2. The predicted octanol–water partition coefficient (Wildman–Crippen LogP) is 9.55. The smallest absolute Gasteiger partial charge is 0.146 e. The molecule has 36 heavy (non-hydrogen) atoms. The first-order valence-electron chi connectivity index (χ1n) is 12.8. The molecular weight excluding hydrogens is 450 g/mol. The van der Waals surface area contributed by atoms with Crippen molar-refractivity contribution in [1.29, 1.82) is 0 Å². The van der Waals surface area contributed by atoms with E-state index in [0.717, 1.165) is 49.8 Å². The van der Waals surface area contributed by atoms with E-state index in [1.54, 1.807) is 19.1 Å². The molecule has 2 heterocycles. The zero-order valence-corrected chi connectivity index (χ0v) is 22.8. The van der Waals surface area contributed by atoms with E-state index in [1.165, 1.54) is 11.6 Å². The number of pyridine rings is 1. The van der Waals surface area contributed by atoms with Crippen LogP contribution in [0, 0.1) is 39.4 Å². The fourth-order valence-corrected chi connectivity index (χ4v) is 5.43. The molecule has 1 unspecified atom stereocenters. The Kier molecular flexibility index (Phi) is 6.68. The quantitative estimate of drug-likeness (QED) is 0.232. The summed E-state index contributed by atoms with van der Waals surface area (Å²) in [7, 11) is 0. The molecular formula is C32H36F2N2. The number of fused-ring (bicyclic) bond motifs is 6. The molecule has 4 heteroatoms. The number of hydrogen-bond acceptors (Lipinski definition) is 1. The number of aryl methyl sites for hydroxylation is 4. The molecule has 0 amide bonds. The molecule has 2 nitrogen and oxygen atoms in total. The molecule has 0 N–H and O–H groups in total. The summed E-state index contributed by atoms with van der Waals surface area (Å²) in [5.74, 6) is -0.532. The van der Waals surface area contributed by atoms with Crippen LogP contribution in [0.4, 0.5) is 8.78 Å². The number of nitrogens with zero attached hydrogens (tertiary/aromatic N) is 2. The lowest BCUT2D eigenvalue weighted by Gasteiger charge is -2.27. The maximum absolute atomic E-state index is 16.2. The third kappa shape index (κ3) is 3.87. The van der Waals surface area contributed by atoms with Gasteiger partial charge in [-0.05, 0) is 75.2 Å². The van der Waals surface area contributed by atoms with Gasteiger partial charge in [-0.3, -0.25) is 4.40 Å². The van der Waals surface area contributed by atoms with Crippen LogP contribution < -0.4 is 0 Å². The fourth-order valence-electron chi connectivity index (χ4n) is 5.43. The van der Waals surface area contributed by atoms with Crippen molar-refractivity contribution in [2.24, 2.45) is 5.92 Å². The minimum absolute atomic E-state index is 0.223. The van der Waals surface area contributed by atoms with Gasteiger partial charge in [0.15, 0.2) is 0 Å². The topological polar surface area (TPSA) is 17.3 Å². The van der Waals surface area contributed by atoms with Crippen molar-refractivity contribution < 1.29 is 8.78 Å². The maximum Gasteiger partial charge on any atom is 0.146 e. The normalized spacial score (nSPS) is 13.3. The van der Waals surface area contributed by atoms with Gasteiger partial charge in [0.25, 0.3) is 0 Å². The first-order valence-corrected chi connectivity index (χ1v) is 12.8. The van der Waals surface area contributed by atoms with Gasteiger partial charge in [-0.25, -0.2) is 13.8 Å². The molecule has 5 aromatic rings. The molecule has 188 valence electrons. The highest BCUT2D eigenvalue weighted by Gasteiger charge is 2.33. The van der Waals surface area contributed by atoms with Crippen molar-refractivity contribution in [1.82, 2.24) is 9.38 Å². The first kappa shape index (κ1) is 25.8. The summed E-state index contributed by atoms with van der Waals surface area (Å²) in [4.78, 5) is 5.01. The monoisotopic (exact) mass is 486 g/mol. The van der Waals surface area contributed by atoms with Gasteiger partial charge in [-0.2, -0.15) is 0 Å². The number of alkyl halides is 1. The largest absolute Gasteiger partial charge is 0.291 e. The molecule has 2 aromatic heterocycles. The van der Waals surface area contributed by atoms with Crippen LogP contribution in [-0.4, -0.2) is 9.38 Å². The predicted molar refractivity (Wildman–Crippen MR) is 149 cm³/mol. The molecule has 0 saturated carbocycles. The van der Waals surface area contributed by atoms with E-state index in [2.05, 4.69) is 32.9 Å². The Labute approximate surface area is 213 Å². The number of rotatable bonds is 3. The third-order valence-electron chi connectivity index (χ3n) is 7.36. The zero-order chi connectivity index (χ0) is 26.5. The van der Waals surface area contributed by atoms with Crippen LogP contribution in [0.25, 0.3) is 38.6 Å². The van der Waals surface area contributed by atoms with Crippen molar-refractivity contribution in [3.05, 3.63) is 82.3 Å². The lowest BCUT2D eigenvalue weighted by Crippen LogP contribution is -2.23. The van der Waals surface area contributed by atoms with Gasteiger partial charge in [0, 0.05) is 21.9 Å². The van der Waals surface area contributed by atoms with E-state index in [9.17, 15) is 4.39 Å². The van der Waals surface area contributed by atoms with Gasteiger partial charge in [0.05, 0.1) is 16.9 Å². The van der Waals surface area contributed by atoms with Crippen molar-refractivity contribution in [3.8, 4) is 11.3 Å². The summed E-state index contributed by atoms with van der Waals surface area (Å²) >= 11 is 0. The molecule has 0 spiro atoms. The minimum Gasteiger partial charge on any atom is -0.291 e. The van der Waals surface area contributed by atoms with E-state index < -0.39 is 5.67 Å². The Morgan fingerprint density at radius 1 is 0.889 bits per heavy atom. The van der Waals surface area contributed by atoms with Crippen LogP contribution in [-0.2, 0) is 5.67 Å². The number of imidazole rings is 1. The summed E-state index contributed by atoms with van der Waals surface area (Å²) in [6, 6.07) is 14.9. The zero-order valence-electron chi connectivity index (χ0n) is 22.8. The third-order valence-corrected chi connectivity index (χ3v) is 7.36. The Morgan fingerprint density at radius 3 is 2.14 bits per heavy atom. The van der Waals surface area contributed by atoms with E-state index in [4.69, 9.17) is 4.98 Å². The molecule has 3 aromatic carbocycles. The second-order valence-electron chi connectivity index (χ2n) is 10.1. The van der Waals surface area contributed by atoms with Crippen molar-refractivity contribution in [2.75, 3.05) is 0 Å². The average Bonchev–Trinajstić information content (AvgIpc) is 3.16. The lowest BCUT2D eigenvalue weighted by molar-refractivity contribution is 0.125. The van der Waals surface area contributed by atoms with E-state index >= 15 is 4.39 Å². The highest BCUT2D eigenvalue weighted by atomic mass is 19.1. The van der Waals surface area contributed by atoms with E-state index in [-0.39, 0.29) is 11.7 Å². The van der Waals surface area contributed by atoms with Gasteiger partial charge < -0.3 is 0 Å². The Balaban J connectivity index is 0.00000148. The van der Waals surface area contributed by atoms with Crippen LogP contribution in [0.3, 0.4) is 0 Å². The SMILES string of the molecule is CC.Cc1cc(C)c(-c2c(C)nc3c4c(C(C)(F)C(C)C)cccc4c4ccc(F)cc4n23)c(C)c1. The summed E-state index contributed by atoms with van der Waals surface area (Å²) in [6.45, 7) is 17.7. The van der Waals surface area contributed by atoms with Crippen LogP contribution in [0.5, 0.6) is 0 Å². The van der Waals surface area contributed by atoms with Gasteiger partial charge in [0.2, 0.25) is 0 Å². The number of halogens is 2. The van der Waals surface area contributed by atoms with E-state index in [1.807, 2.05) is 57.2 Å². The molecule has 0 aliphatic rings. The van der Waals surface area contributed by atoms with Crippen LogP contribution >= 0.6 is 0 Å². The number of hydrogen-bond donors (Lipinski definition) is 0. The Hall–Kier alpha value is -3.27. The lowest BCUT2D eigenvalue weighted by atomic mass is 9.84. The van der Waals surface area contributed by atoms with Crippen LogP contribution in [0.2, 0.25) is 0 Å². The van der Waals surface area contributed by atoms with Gasteiger partial charge >= 0.3 is 0 Å². The Bertz CT molecular complexity index is 1580. The molecule has 0 fully saturated rings. The minimum atomic E-state index is -1.55. The highest BCUT2D eigenvalue weighted by Crippen LogP contribution is 2.43. The molecule has 5 rings (SSSR count). The molecule has 0 aliphatic heterocycles. The fraction of sp³-hybridized carbons (Fsp3) is 0.344. The van der Waals surface area contributed by atoms with Crippen LogP contribution in [0.15, 0.2) is 48.5 Å². The summed E-state index contributed by atoms with van der Waals surface area (Å²) in [5.41, 5.74) is 6.80. The van der Waals surface area contributed by atoms with Gasteiger partial charge in [-0.1, -0.05) is 63.6 Å². The number of aromatic nitrogens is 2. The van der Waals surface area contributed by atoms with Crippen molar-refractivity contribution in [2.45, 2.75) is 68.0 Å². The van der Waals surface area contributed by atoms with Gasteiger partial charge in [-0.15, -0.1) is 0 Å². The van der Waals surface area contributed by atoms with Gasteiger partial charge in [0.1, 0.15) is 17.1 Å². The number of benzene rings is 3. The second kappa shape index (κ2) is 9.31. The van der Waals surface area contributed by atoms with E-state index in [0.29, 0.717) is 11.2 Å². The molecule has 1 atom stereocenters. The molecule has 0 bridgehead atoms.